The van der Waals surface area contributed by atoms with Crippen molar-refractivity contribution >= 4 is 56.9 Å². The van der Waals surface area contributed by atoms with Crippen LogP contribution in [-0.4, -0.2) is 26.8 Å². The minimum absolute atomic E-state index is 0.00954. The zero-order valence-corrected chi connectivity index (χ0v) is 17.6. The van der Waals surface area contributed by atoms with E-state index in [1.54, 1.807) is 41.2 Å². The zero-order chi connectivity index (χ0) is 21.0. The van der Waals surface area contributed by atoms with Gasteiger partial charge >= 0.3 is 0 Å². The van der Waals surface area contributed by atoms with E-state index in [1.807, 2.05) is 0 Å². The number of benzene rings is 2. The van der Waals surface area contributed by atoms with Crippen LogP contribution in [0.15, 0.2) is 58.2 Å². The lowest BCUT2D eigenvalue weighted by atomic mass is 10.2. The monoisotopic (exact) mass is 495 g/mol. The Morgan fingerprint density at radius 1 is 1.24 bits per heavy atom. The predicted octanol–water partition coefficient (Wildman–Crippen LogP) is 4.67. The number of nitrogens with zero attached hydrogens (tertiary/aromatic N) is 4. The summed E-state index contributed by atoms with van der Waals surface area (Å²) < 4.78 is 2.03. The molecule has 1 N–H and O–H groups in total. The third kappa shape index (κ3) is 5.41. The lowest BCUT2D eigenvalue weighted by molar-refractivity contribution is -0.384. The fraction of sp³-hybridized carbons (Fsp3) is 0.0556. The number of carbonyl (C=O) groups excluding carboxylic acids is 1. The van der Waals surface area contributed by atoms with Crippen molar-refractivity contribution in [2.45, 2.75) is 6.54 Å². The maximum atomic E-state index is 12.3. The molecule has 0 saturated carbocycles. The molecule has 0 radical (unpaired) electrons. The van der Waals surface area contributed by atoms with Gasteiger partial charge in [0.25, 0.3) is 11.6 Å². The van der Waals surface area contributed by atoms with Crippen molar-refractivity contribution in [1.82, 2.24) is 15.2 Å². The average molecular weight is 497 g/mol. The normalized spacial score (nSPS) is 11.0. The highest BCUT2D eigenvalue weighted by atomic mass is 79.9. The van der Waals surface area contributed by atoms with Crippen molar-refractivity contribution in [3.05, 3.63) is 90.1 Å². The predicted molar refractivity (Wildman–Crippen MR) is 114 cm³/mol. The van der Waals surface area contributed by atoms with Crippen LogP contribution in [0.5, 0.6) is 0 Å². The van der Waals surface area contributed by atoms with Crippen molar-refractivity contribution in [2.75, 3.05) is 0 Å². The molecule has 0 unspecified atom stereocenters. The number of rotatable bonds is 6. The molecule has 1 heterocycles. The number of hydrazone groups is 1. The van der Waals surface area contributed by atoms with Gasteiger partial charge in [-0.05, 0) is 39.2 Å². The number of aromatic nitrogens is 2. The van der Waals surface area contributed by atoms with E-state index in [1.165, 1.54) is 18.3 Å². The quantitative estimate of drug-likeness (QED) is 0.304. The largest absolute Gasteiger partial charge is 0.293 e. The molecule has 11 heteroatoms. The summed E-state index contributed by atoms with van der Waals surface area (Å²) in [5, 5.41) is 19.6. The van der Waals surface area contributed by atoms with Gasteiger partial charge in [0.2, 0.25) is 0 Å². The summed E-state index contributed by atoms with van der Waals surface area (Å²) in [6.07, 6.45) is 3.07. The zero-order valence-electron chi connectivity index (χ0n) is 14.6. The van der Waals surface area contributed by atoms with Gasteiger partial charge in [-0.1, -0.05) is 41.4 Å². The van der Waals surface area contributed by atoms with Crippen molar-refractivity contribution in [2.24, 2.45) is 5.10 Å². The van der Waals surface area contributed by atoms with Crippen LogP contribution in [0.4, 0.5) is 5.69 Å². The first-order valence-electron chi connectivity index (χ1n) is 8.08. The van der Waals surface area contributed by atoms with Crippen LogP contribution < -0.4 is 5.43 Å². The fourth-order valence-electron chi connectivity index (χ4n) is 2.35. The van der Waals surface area contributed by atoms with Gasteiger partial charge in [0, 0.05) is 18.3 Å². The Bertz CT molecular complexity index is 1100. The Labute approximate surface area is 183 Å². The number of nitro benzene ring substituents is 1. The summed E-state index contributed by atoms with van der Waals surface area (Å²) in [7, 11) is 0. The number of hydrogen-bond acceptors (Lipinski definition) is 5. The number of nitrogens with one attached hydrogen (secondary N) is 1. The van der Waals surface area contributed by atoms with E-state index in [-0.39, 0.29) is 11.4 Å². The van der Waals surface area contributed by atoms with E-state index in [9.17, 15) is 14.9 Å². The van der Waals surface area contributed by atoms with Crippen LogP contribution in [0.2, 0.25) is 10.0 Å². The summed E-state index contributed by atoms with van der Waals surface area (Å²) >= 11 is 15.1. The highest BCUT2D eigenvalue weighted by Gasteiger charge is 2.15. The van der Waals surface area contributed by atoms with E-state index in [0.717, 1.165) is 5.56 Å². The standard InChI is InChI=1S/C18H12BrCl2N5O3/c19-14-10-25(9-11-1-4-13(5-2-11)26(28)29)24-17(14)18(27)23-22-8-12-3-6-15(20)16(21)7-12/h1-8,10H,9H2,(H,23,27). The Morgan fingerprint density at radius 2 is 1.97 bits per heavy atom. The summed E-state index contributed by atoms with van der Waals surface area (Å²) in [6, 6.07) is 11.1. The second-order valence-corrected chi connectivity index (χ2v) is 7.49. The van der Waals surface area contributed by atoms with E-state index in [2.05, 4.69) is 31.6 Å². The second kappa shape index (κ2) is 9.17. The highest BCUT2D eigenvalue weighted by molar-refractivity contribution is 9.10. The lowest BCUT2D eigenvalue weighted by Crippen LogP contribution is -2.19. The molecule has 0 aliphatic carbocycles. The third-order valence-corrected chi connectivity index (χ3v) is 5.07. The van der Waals surface area contributed by atoms with Gasteiger partial charge in [-0.2, -0.15) is 10.2 Å². The topological polar surface area (TPSA) is 102 Å². The minimum Gasteiger partial charge on any atom is -0.266 e. The number of carbonyl (C=O) groups is 1. The molecule has 0 aliphatic heterocycles. The molecule has 0 saturated heterocycles. The van der Waals surface area contributed by atoms with Crippen LogP contribution in [-0.2, 0) is 6.54 Å². The van der Waals surface area contributed by atoms with E-state index in [4.69, 9.17) is 23.2 Å². The molecule has 1 aromatic heterocycles. The first-order chi connectivity index (χ1) is 13.8. The number of non-ortho nitro benzene ring substituents is 1. The van der Waals surface area contributed by atoms with Gasteiger partial charge in [-0.25, -0.2) is 5.43 Å². The van der Waals surface area contributed by atoms with Crippen molar-refractivity contribution in [3.8, 4) is 0 Å². The molecule has 148 valence electrons. The lowest BCUT2D eigenvalue weighted by Gasteiger charge is -2.01. The van der Waals surface area contributed by atoms with Crippen molar-refractivity contribution in [3.63, 3.8) is 0 Å². The van der Waals surface area contributed by atoms with Crippen LogP contribution in [0, 0.1) is 10.1 Å². The molecule has 8 nitrogen and oxygen atoms in total. The number of nitro groups is 1. The summed E-state index contributed by atoms with van der Waals surface area (Å²) in [5.41, 5.74) is 4.02. The summed E-state index contributed by atoms with van der Waals surface area (Å²) in [5.74, 6) is -0.504. The molecular formula is C18H12BrCl2N5O3. The summed E-state index contributed by atoms with van der Waals surface area (Å²) in [6.45, 7) is 0.344. The second-order valence-electron chi connectivity index (χ2n) is 5.82. The van der Waals surface area contributed by atoms with Gasteiger partial charge in [0.1, 0.15) is 0 Å². The number of halogens is 3. The molecule has 0 aliphatic rings. The third-order valence-electron chi connectivity index (χ3n) is 3.75. The Kier molecular flexibility index (Phi) is 6.63. The molecule has 1 amide bonds. The first kappa shape index (κ1) is 21.0. The molecule has 3 aromatic rings. The van der Waals surface area contributed by atoms with Crippen LogP contribution >= 0.6 is 39.1 Å². The Balaban J connectivity index is 1.65. The van der Waals surface area contributed by atoms with Gasteiger partial charge in [0.05, 0.1) is 32.2 Å². The van der Waals surface area contributed by atoms with Crippen LogP contribution in [0.1, 0.15) is 21.6 Å². The van der Waals surface area contributed by atoms with Gasteiger partial charge in [-0.15, -0.1) is 0 Å². The summed E-state index contributed by atoms with van der Waals surface area (Å²) in [4.78, 5) is 22.6. The molecule has 0 atom stereocenters. The molecule has 3 rings (SSSR count). The SMILES string of the molecule is O=C(NN=Cc1ccc(Cl)c(Cl)c1)c1nn(Cc2ccc([N+](=O)[O-])cc2)cc1Br. The molecule has 2 aromatic carbocycles. The maximum absolute atomic E-state index is 12.3. The fourth-order valence-corrected chi connectivity index (χ4v) is 3.16. The van der Waals surface area contributed by atoms with Gasteiger partial charge in [0.15, 0.2) is 5.69 Å². The Morgan fingerprint density at radius 3 is 2.62 bits per heavy atom. The van der Waals surface area contributed by atoms with E-state index < -0.39 is 10.8 Å². The van der Waals surface area contributed by atoms with Crippen molar-refractivity contribution < 1.29 is 9.72 Å². The number of amides is 1. The molecule has 0 bridgehead atoms. The van der Waals surface area contributed by atoms with Crippen LogP contribution in [0.3, 0.4) is 0 Å². The van der Waals surface area contributed by atoms with E-state index in [0.29, 0.717) is 26.6 Å². The minimum atomic E-state index is -0.504. The molecule has 0 spiro atoms. The van der Waals surface area contributed by atoms with Crippen LogP contribution in [0.25, 0.3) is 0 Å². The first-order valence-corrected chi connectivity index (χ1v) is 9.63. The molecular weight excluding hydrogens is 485 g/mol. The van der Waals surface area contributed by atoms with Gasteiger partial charge < -0.3 is 0 Å². The van der Waals surface area contributed by atoms with Gasteiger partial charge in [-0.3, -0.25) is 19.6 Å². The van der Waals surface area contributed by atoms with E-state index >= 15 is 0 Å². The van der Waals surface area contributed by atoms with Crippen molar-refractivity contribution in [1.29, 1.82) is 0 Å². The Hall–Kier alpha value is -2.75. The maximum Gasteiger partial charge on any atom is 0.293 e. The number of hydrogen-bond donors (Lipinski definition) is 1. The molecule has 0 fully saturated rings. The highest BCUT2D eigenvalue weighted by Crippen LogP contribution is 2.22. The molecule has 29 heavy (non-hydrogen) atoms. The smallest absolute Gasteiger partial charge is 0.266 e. The average Bonchev–Trinajstić information content (AvgIpc) is 3.05.